The van der Waals surface area contributed by atoms with Gasteiger partial charge in [-0.15, -0.1) is 0 Å². The standard InChI is InChI=1S/C51H36O/c1-51(2)43-28-25-35(30-42(43)40-27-24-34-26-29-45-49(48(34)50(40)51)41-18-10-11-19-44(41)52-45)47-38-16-8-6-14-36(38)46(37-15-7-9-17-39(37)47)33-22-20-32(21-23-33)31-12-4-3-5-13-31/h3-4,6-12,14-30H,5,13H2,1-2H3. The Balaban J connectivity index is 1.14. The van der Waals surface area contributed by atoms with Crippen LogP contribution in [0.5, 0.6) is 0 Å². The largest absolute Gasteiger partial charge is 0.456 e. The Morgan fingerprint density at radius 3 is 1.83 bits per heavy atom. The van der Waals surface area contributed by atoms with Gasteiger partial charge in [-0.2, -0.15) is 0 Å². The van der Waals surface area contributed by atoms with E-state index in [9.17, 15) is 0 Å². The van der Waals surface area contributed by atoms with Crippen LogP contribution in [0.1, 0.15) is 43.4 Å². The van der Waals surface area contributed by atoms with Gasteiger partial charge in [0.15, 0.2) is 0 Å². The van der Waals surface area contributed by atoms with E-state index in [0.717, 1.165) is 24.0 Å². The molecule has 0 radical (unpaired) electrons. The minimum atomic E-state index is -0.181. The molecule has 2 aliphatic rings. The van der Waals surface area contributed by atoms with Crippen molar-refractivity contribution in [3.63, 3.8) is 0 Å². The van der Waals surface area contributed by atoms with Crippen molar-refractivity contribution in [3.05, 3.63) is 174 Å². The number of furan rings is 1. The molecule has 11 rings (SSSR count). The highest BCUT2D eigenvalue weighted by Crippen LogP contribution is 2.55. The predicted molar refractivity (Wildman–Crippen MR) is 221 cm³/mol. The second kappa shape index (κ2) is 10.9. The number of rotatable bonds is 3. The van der Waals surface area contributed by atoms with Crippen molar-refractivity contribution in [2.24, 2.45) is 0 Å². The van der Waals surface area contributed by atoms with Crippen molar-refractivity contribution in [3.8, 4) is 33.4 Å². The lowest BCUT2D eigenvalue weighted by Crippen LogP contribution is -2.15. The Kier molecular flexibility index (Phi) is 6.20. The van der Waals surface area contributed by atoms with Gasteiger partial charge in [-0.1, -0.05) is 153 Å². The molecule has 246 valence electrons. The van der Waals surface area contributed by atoms with E-state index in [1.165, 1.54) is 98.7 Å². The molecule has 0 saturated heterocycles. The van der Waals surface area contributed by atoms with Crippen LogP contribution in [-0.2, 0) is 5.41 Å². The number of hydrogen-bond donors (Lipinski definition) is 0. The Labute approximate surface area is 303 Å². The number of fused-ring (bicyclic) bond motifs is 11. The lowest BCUT2D eigenvalue weighted by Gasteiger charge is -2.24. The van der Waals surface area contributed by atoms with Crippen molar-refractivity contribution < 1.29 is 4.42 Å². The molecule has 8 aromatic carbocycles. The van der Waals surface area contributed by atoms with Crippen LogP contribution < -0.4 is 0 Å². The Morgan fingerprint density at radius 1 is 0.519 bits per heavy atom. The fraction of sp³-hybridized carbons (Fsp3) is 0.0980. The second-order valence-corrected chi connectivity index (χ2v) is 15.1. The molecule has 52 heavy (non-hydrogen) atoms. The summed E-state index contributed by atoms with van der Waals surface area (Å²) in [6.07, 6.45) is 8.90. The molecule has 0 bridgehead atoms. The Bertz CT molecular complexity index is 2960. The van der Waals surface area contributed by atoms with Gasteiger partial charge in [0.05, 0.1) is 0 Å². The fourth-order valence-corrected chi connectivity index (χ4v) is 9.55. The van der Waals surface area contributed by atoms with E-state index in [4.69, 9.17) is 4.42 Å². The highest BCUT2D eigenvalue weighted by Gasteiger charge is 2.38. The van der Waals surface area contributed by atoms with Crippen LogP contribution in [0.3, 0.4) is 0 Å². The summed E-state index contributed by atoms with van der Waals surface area (Å²) >= 11 is 0. The van der Waals surface area contributed by atoms with Crippen LogP contribution in [-0.4, -0.2) is 0 Å². The van der Waals surface area contributed by atoms with E-state index in [0.29, 0.717) is 0 Å². The lowest BCUT2D eigenvalue weighted by atomic mass is 9.79. The van der Waals surface area contributed by atoms with Gasteiger partial charge in [-0.05, 0) is 119 Å². The summed E-state index contributed by atoms with van der Waals surface area (Å²) in [6.45, 7) is 4.79. The van der Waals surface area contributed by atoms with Crippen LogP contribution >= 0.6 is 0 Å². The second-order valence-electron chi connectivity index (χ2n) is 15.1. The van der Waals surface area contributed by atoms with E-state index in [-0.39, 0.29) is 5.41 Å². The summed E-state index contributed by atoms with van der Waals surface area (Å²) in [5, 5.41) is 10.1. The van der Waals surface area contributed by atoms with E-state index >= 15 is 0 Å². The van der Waals surface area contributed by atoms with Gasteiger partial charge in [-0.3, -0.25) is 0 Å². The van der Waals surface area contributed by atoms with Crippen molar-refractivity contribution in [1.82, 2.24) is 0 Å². The summed E-state index contributed by atoms with van der Waals surface area (Å²) in [5.74, 6) is 0. The molecule has 0 spiro atoms. The molecule has 0 aliphatic heterocycles. The van der Waals surface area contributed by atoms with Crippen LogP contribution in [0, 0.1) is 0 Å². The maximum atomic E-state index is 6.39. The first-order valence-corrected chi connectivity index (χ1v) is 18.5. The molecular formula is C51H36O. The molecule has 0 saturated carbocycles. The van der Waals surface area contributed by atoms with Crippen molar-refractivity contribution >= 4 is 59.8 Å². The third-order valence-corrected chi connectivity index (χ3v) is 11.9. The first-order valence-electron chi connectivity index (χ1n) is 18.5. The molecular weight excluding hydrogens is 629 g/mol. The molecule has 2 aliphatic carbocycles. The zero-order chi connectivity index (χ0) is 34.6. The van der Waals surface area contributed by atoms with Crippen LogP contribution in [0.4, 0.5) is 0 Å². The summed E-state index contributed by atoms with van der Waals surface area (Å²) in [4.78, 5) is 0. The maximum Gasteiger partial charge on any atom is 0.136 e. The van der Waals surface area contributed by atoms with Gasteiger partial charge in [0.2, 0.25) is 0 Å². The van der Waals surface area contributed by atoms with Gasteiger partial charge in [-0.25, -0.2) is 0 Å². The monoisotopic (exact) mass is 664 g/mol. The van der Waals surface area contributed by atoms with Gasteiger partial charge in [0, 0.05) is 16.2 Å². The first kappa shape index (κ1) is 29.5. The third-order valence-electron chi connectivity index (χ3n) is 11.9. The van der Waals surface area contributed by atoms with Crippen molar-refractivity contribution in [2.75, 3.05) is 0 Å². The third kappa shape index (κ3) is 4.11. The minimum absolute atomic E-state index is 0.181. The van der Waals surface area contributed by atoms with E-state index in [2.05, 4.69) is 172 Å². The zero-order valence-electron chi connectivity index (χ0n) is 29.3. The average Bonchev–Trinajstić information content (AvgIpc) is 3.69. The average molecular weight is 665 g/mol. The van der Waals surface area contributed by atoms with E-state index < -0.39 is 0 Å². The summed E-state index contributed by atoms with van der Waals surface area (Å²) < 4.78 is 6.39. The summed E-state index contributed by atoms with van der Waals surface area (Å²) in [7, 11) is 0. The first-order chi connectivity index (χ1) is 25.6. The SMILES string of the molecule is CC1(C)c2ccc(-c3c4ccccc4c(-c4ccc(C5=CC=CCC5)cc4)c4ccccc34)cc2-c2ccc3ccc4oc5ccccc5c4c3c21. The molecule has 1 heterocycles. The van der Waals surface area contributed by atoms with Crippen LogP contribution in [0.2, 0.25) is 0 Å². The maximum absolute atomic E-state index is 6.39. The quantitative estimate of drug-likeness (QED) is 0.171. The topological polar surface area (TPSA) is 13.1 Å². The normalized spacial score (nSPS) is 14.8. The molecule has 9 aromatic rings. The lowest BCUT2D eigenvalue weighted by molar-refractivity contribution is 0.665. The Hall–Kier alpha value is -6.18. The summed E-state index contributed by atoms with van der Waals surface area (Å²) in [6, 6.07) is 52.0. The molecule has 1 nitrogen and oxygen atoms in total. The van der Waals surface area contributed by atoms with Gasteiger partial charge >= 0.3 is 0 Å². The van der Waals surface area contributed by atoms with Gasteiger partial charge in [0.1, 0.15) is 11.2 Å². The molecule has 1 heteroatoms. The fourth-order valence-electron chi connectivity index (χ4n) is 9.55. The summed E-state index contributed by atoms with van der Waals surface area (Å²) in [5.41, 5.74) is 14.9. The molecule has 0 fully saturated rings. The molecule has 0 atom stereocenters. The van der Waals surface area contributed by atoms with Gasteiger partial charge in [0.25, 0.3) is 0 Å². The van der Waals surface area contributed by atoms with Crippen molar-refractivity contribution in [2.45, 2.75) is 32.1 Å². The number of benzene rings is 8. The molecule has 0 N–H and O–H groups in total. The minimum Gasteiger partial charge on any atom is -0.456 e. The van der Waals surface area contributed by atoms with Gasteiger partial charge < -0.3 is 4.42 Å². The zero-order valence-corrected chi connectivity index (χ0v) is 29.3. The molecule has 0 amide bonds. The Morgan fingerprint density at radius 2 is 1.13 bits per heavy atom. The molecule has 0 unspecified atom stereocenters. The number of para-hydroxylation sites is 1. The van der Waals surface area contributed by atoms with Crippen molar-refractivity contribution in [1.29, 1.82) is 0 Å². The number of hydrogen-bond acceptors (Lipinski definition) is 1. The highest BCUT2D eigenvalue weighted by atomic mass is 16.3. The van der Waals surface area contributed by atoms with Crippen LogP contribution in [0.25, 0.3) is 93.2 Å². The van der Waals surface area contributed by atoms with E-state index in [1.54, 1.807) is 0 Å². The van der Waals surface area contributed by atoms with Crippen LogP contribution in [0.15, 0.2) is 162 Å². The molecule has 1 aromatic heterocycles. The predicted octanol–water partition coefficient (Wildman–Crippen LogP) is 14.4. The van der Waals surface area contributed by atoms with E-state index in [1.807, 2.05) is 0 Å². The number of allylic oxidation sites excluding steroid dienone is 4. The highest BCUT2D eigenvalue weighted by molar-refractivity contribution is 6.23. The smallest absolute Gasteiger partial charge is 0.136 e.